The standard InChI is InChI=1S/C12H15N3O2/c1-3-11-14-12(17-15-11)8-13-9-6-4-5-7-10(9)16-2/h4-7,13H,3,8H2,1-2H3. The van der Waals surface area contributed by atoms with E-state index in [2.05, 4.69) is 15.5 Å². The Morgan fingerprint density at radius 2 is 2.18 bits per heavy atom. The van der Waals surface area contributed by atoms with Crippen molar-refractivity contribution in [2.24, 2.45) is 0 Å². The second-order valence-corrected chi connectivity index (χ2v) is 3.51. The molecule has 2 rings (SSSR count). The van der Waals surface area contributed by atoms with E-state index in [1.165, 1.54) is 0 Å². The summed E-state index contributed by atoms with van der Waals surface area (Å²) in [5.74, 6) is 2.09. The molecule has 90 valence electrons. The Morgan fingerprint density at radius 3 is 2.88 bits per heavy atom. The lowest BCUT2D eigenvalue weighted by Gasteiger charge is -2.08. The SMILES string of the molecule is CCc1noc(CNc2ccccc2OC)n1. The van der Waals surface area contributed by atoms with Gasteiger partial charge in [0.25, 0.3) is 0 Å². The molecule has 0 aliphatic heterocycles. The van der Waals surface area contributed by atoms with Crippen molar-refractivity contribution in [1.29, 1.82) is 0 Å². The quantitative estimate of drug-likeness (QED) is 0.858. The number of para-hydroxylation sites is 2. The number of anilines is 1. The number of hydrogen-bond donors (Lipinski definition) is 1. The van der Waals surface area contributed by atoms with E-state index in [4.69, 9.17) is 9.26 Å². The summed E-state index contributed by atoms with van der Waals surface area (Å²) in [6.45, 7) is 2.48. The highest BCUT2D eigenvalue weighted by Gasteiger charge is 2.06. The van der Waals surface area contributed by atoms with E-state index in [0.717, 1.165) is 23.7 Å². The summed E-state index contributed by atoms with van der Waals surface area (Å²) in [5.41, 5.74) is 0.909. The summed E-state index contributed by atoms with van der Waals surface area (Å²) in [5, 5.41) is 7.03. The van der Waals surface area contributed by atoms with Crippen molar-refractivity contribution in [3.8, 4) is 5.75 Å². The van der Waals surface area contributed by atoms with Gasteiger partial charge in [-0.3, -0.25) is 0 Å². The fourth-order valence-electron chi connectivity index (χ4n) is 1.47. The minimum atomic E-state index is 0.493. The molecule has 0 fully saturated rings. The third-order valence-corrected chi connectivity index (χ3v) is 2.36. The Morgan fingerprint density at radius 1 is 1.35 bits per heavy atom. The molecule has 0 spiro atoms. The van der Waals surface area contributed by atoms with Crippen LogP contribution in [0.2, 0.25) is 0 Å². The van der Waals surface area contributed by atoms with E-state index in [1.807, 2.05) is 31.2 Å². The highest BCUT2D eigenvalue weighted by molar-refractivity contribution is 5.55. The number of hydrogen-bond acceptors (Lipinski definition) is 5. The number of methoxy groups -OCH3 is 1. The van der Waals surface area contributed by atoms with Crippen LogP contribution in [0.5, 0.6) is 5.75 Å². The van der Waals surface area contributed by atoms with Crippen molar-refractivity contribution in [2.45, 2.75) is 19.9 Å². The summed E-state index contributed by atoms with van der Waals surface area (Å²) in [6, 6.07) is 7.70. The third kappa shape index (κ3) is 2.75. The number of nitrogens with zero attached hydrogens (tertiary/aromatic N) is 2. The maximum absolute atomic E-state index is 5.23. The molecule has 1 N–H and O–H groups in total. The second-order valence-electron chi connectivity index (χ2n) is 3.51. The van der Waals surface area contributed by atoms with Gasteiger partial charge in [-0.15, -0.1) is 0 Å². The average molecular weight is 233 g/mol. The van der Waals surface area contributed by atoms with Crippen LogP contribution in [0, 0.1) is 0 Å². The maximum atomic E-state index is 5.23. The van der Waals surface area contributed by atoms with E-state index < -0.39 is 0 Å². The lowest BCUT2D eigenvalue weighted by atomic mass is 10.3. The lowest BCUT2D eigenvalue weighted by molar-refractivity contribution is 0.377. The molecule has 1 aromatic heterocycles. The first kappa shape index (κ1) is 11.4. The van der Waals surface area contributed by atoms with E-state index in [9.17, 15) is 0 Å². The van der Waals surface area contributed by atoms with Crippen molar-refractivity contribution in [2.75, 3.05) is 12.4 Å². The molecule has 5 nitrogen and oxygen atoms in total. The summed E-state index contributed by atoms with van der Waals surface area (Å²) in [7, 11) is 1.64. The molecule has 1 heterocycles. The molecule has 0 radical (unpaired) electrons. The van der Waals surface area contributed by atoms with E-state index in [1.54, 1.807) is 7.11 Å². The van der Waals surface area contributed by atoms with Crippen LogP contribution in [0.3, 0.4) is 0 Å². The molecule has 5 heteroatoms. The zero-order chi connectivity index (χ0) is 12.1. The van der Waals surface area contributed by atoms with Crippen LogP contribution in [-0.2, 0) is 13.0 Å². The minimum Gasteiger partial charge on any atom is -0.495 e. The molecule has 0 bridgehead atoms. The number of ether oxygens (including phenoxy) is 1. The molecule has 1 aromatic carbocycles. The van der Waals surface area contributed by atoms with E-state index in [-0.39, 0.29) is 0 Å². The predicted molar refractivity (Wildman–Crippen MR) is 64.0 cm³/mol. The Bertz CT molecular complexity index is 482. The molecule has 0 atom stereocenters. The first-order chi connectivity index (χ1) is 8.33. The van der Waals surface area contributed by atoms with Crippen molar-refractivity contribution in [3.63, 3.8) is 0 Å². The first-order valence-electron chi connectivity index (χ1n) is 5.52. The largest absolute Gasteiger partial charge is 0.495 e. The maximum Gasteiger partial charge on any atom is 0.245 e. The molecule has 0 aliphatic rings. The molecule has 0 unspecified atom stereocenters. The van der Waals surface area contributed by atoms with Crippen LogP contribution in [0.15, 0.2) is 28.8 Å². The second kappa shape index (κ2) is 5.34. The van der Waals surface area contributed by atoms with Crippen LogP contribution in [0.4, 0.5) is 5.69 Å². The lowest BCUT2D eigenvalue weighted by Crippen LogP contribution is -2.01. The summed E-state index contributed by atoms with van der Waals surface area (Å²) >= 11 is 0. The molecular formula is C12H15N3O2. The van der Waals surface area contributed by atoms with Gasteiger partial charge in [-0.1, -0.05) is 24.2 Å². The third-order valence-electron chi connectivity index (χ3n) is 2.36. The van der Waals surface area contributed by atoms with Crippen LogP contribution in [-0.4, -0.2) is 17.3 Å². The number of nitrogens with one attached hydrogen (secondary N) is 1. The zero-order valence-electron chi connectivity index (χ0n) is 9.93. The van der Waals surface area contributed by atoms with Gasteiger partial charge in [-0.25, -0.2) is 0 Å². The molecule has 0 aliphatic carbocycles. The zero-order valence-corrected chi connectivity index (χ0v) is 9.93. The molecule has 0 amide bonds. The highest BCUT2D eigenvalue weighted by atomic mass is 16.5. The number of aryl methyl sites for hydroxylation is 1. The number of benzene rings is 1. The Labute approximate surface area is 99.8 Å². The molecule has 0 saturated heterocycles. The van der Waals surface area contributed by atoms with Gasteiger partial charge in [0.1, 0.15) is 5.75 Å². The minimum absolute atomic E-state index is 0.493. The van der Waals surface area contributed by atoms with Crippen molar-refractivity contribution in [1.82, 2.24) is 10.1 Å². The Hall–Kier alpha value is -2.04. The fourth-order valence-corrected chi connectivity index (χ4v) is 1.47. The fraction of sp³-hybridized carbons (Fsp3) is 0.333. The van der Waals surface area contributed by atoms with Gasteiger partial charge < -0.3 is 14.6 Å². The summed E-state index contributed by atoms with van der Waals surface area (Å²) in [4.78, 5) is 4.22. The molecule has 17 heavy (non-hydrogen) atoms. The smallest absolute Gasteiger partial charge is 0.245 e. The first-order valence-corrected chi connectivity index (χ1v) is 5.52. The number of aromatic nitrogens is 2. The normalized spacial score (nSPS) is 10.2. The summed E-state index contributed by atoms with van der Waals surface area (Å²) < 4.78 is 10.3. The Kier molecular flexibility index (Phi) is 3.59. The van der Waals surface area contributed by atoms with Crippen molar-refractivity contribution >= 4 is 5.69 Å². The van der Waals surface area contributed by atoms with Gasteiger partial charge in [-0.2, -0.15) is 4.98 Å². The Balaban J connectivity index is 2.01. The van der Waals surface area contributed by atoms with Gasteiger partial charge >= 0.3 is 0 Å². The monoisotopic (exact) mass is 233 g/mol. The van der Waals surface area contributed by atoms with Gasteiger partial charge in [0, 0.05) is 6.42 Å². The van der Waals surface area contributed by atoms with Gasteiger partial charge in [0.05, 0.1) is 19.3 Å². The average Bonchev–Trinajstić information content (AvgIpc) is 2.84. The van der Waals surface area contributed by atoms with Crippen molar-refractivity contribution < 1.29 is 9.26 Å². The molecule has 2 aromatic rings. The van der Waals surface area contributed by atoms with Gasteiger partial charge in [-0.05, 0) is 12.1 Å². The van der Waals surface area contributed by atoms with Gasteiger partial charge in [0.15, 0.2) is 5.82 Å². The highest BCUT2D eigenvalue weighted by Crippen LogP contribution is 2.23. The van der Waals surface area contributed by atoms with Crippen LogP contribution < -0.4 is 10.1 Å². The topological polar surface area (TPSA) is 60.2 Å². The number of rotatable bonds is 5. The van der Waals surface area contributed by atoms with E-state index in [0.29, 0.717) is 12.4 Å². The summed E-state index contributed by atoms with van der Waals surface area (Å²) in [6.07, 6.45) is 0.776. The van der Waals surface area contributed by atoms with Crippen LogP contribution in [0.25, 0.3) is 0 Å². The van der Waals surface area contributed by atoms with Crippen LogP contribution >= 0.6 is 0 Å². The van der Waals surface area contributed by atoms with E-state index >= 15 is 0 Å². The van der Waals surface area contributed by atoms with Gasteiger partial charge in [0.2, 0.25) is 5.89 Å². The van der Waals surface area contributed by atoms with Crippen molar-refractivity contribution in [3.05, 3.63) is 36.0 Å². The predicted octanol–water partition coefficient (Wildman–Crippen LogP) is 2.25. The molecular weight excluding hydrogens is 218 g/mol. The molecule has 0 saturated carbocycles. The van der Waals surface area contributed by atoms with Crippen LogP contribution in [0.1, 0.15) is 18.6 Å².